The minimum Gasteiger partial charge on any atom is -0.379 e. The van der Waals surface area contributed by atoms with E-state index in [1.807, 2.05) is 30.3 Å². The first kappa shape index (κ1) is 23.3. The van der Waals surface area contributed by atoms with Crippen LogP contribution in [0.3, 0.4) is 0 Å². The van der Waals surface area contributed by atoms with Gasteiger partial charge in [-0.05, 0) is 26.0 Å². The van der Waals surface area contributed by atoms with Crippen LogP contribution in [0.2, 0.25) is 0 Å². The molecule has 1 aliphatic heterocycles. The second-order valence-corrected chi connectivity index (χ2v) is 8.20. The van der Waals surface area contributed by atoms with Crippen LogP contribution in [0.4, 0.5) is 0 Å². The summed E-state index contributed by atoms with van der Waals surface area (Å²) >= 11 is 0. The van der Waals surface area contributed by atoms with Gasteiger partial charge in [-0.2, -0.15) is 0 Å². The largest absolute Gasteiger partial charge is 0.379 e. The van der Waals surface area contributed by atoms with E-state index < -0.39 is 10.8 Å². The van der Waals surface area contributed by atoms with E-state index in [2.05, 4.69) is 34.4 Å². The Morgan fingerprint density at radius 3 is 2.50 bits per heavy atom. The van der Waals surface area contributed by atoms with Gasteiger partial charge in [-0.25, -0.2) is 0 Å². The molecule has 0 bridgehead atoms. The van der Waals surface area contributed by atoms with E-state index in [1.165, 1.54) is 0 Å². The highest BCUT2D eigenvalue weighted by atomic mass is 127. The van der Waals surface area contributed by atoms with Crippen molar-refractivity contribution in [1.82, 2.24) is 15.5 Å². The molecule has 8 heteroatoms. The van der Waals surface area contributed by atoms with Gasteiger partial charge in [0.25, 0.3) is 0 Å². The number of ether oxygens (including phenoxy) is 1. The van der Waals surface area contributed by atoms with Crippen molar-refractivity contribution in [2.24, 2.45) is 4.99 Å². The minimum atomic E-state index is -0.994. The lowest BCUT2D eigenvalue weighted by Crippen LogP contribution is -2.56. The van der Waals surface area contributed by atoms with Gasteiger partial charge in [0, 0.05) is 49.4 Å². The molecule has 0 amide bonds. The third-order valence-corrected chi connectivity index (χ3v) is 5.74. The normalized spacial score (nSPS) is 17.3. The number of morpholine rings is 1. The summed E-state index contributed by atoms with van der Waals surface area (Å²) in [7, 11) is 0.761. The van der Waals surface area contributed by atoms with Crippen LogP contribution in [0.5, 0.6) is 0 Å². The Hall–Kier alpha value is -0.710. The molecule has 0 radical (unpaired) electrons. The number of hydrogen-bond donors (Lipinski definition) is 2. The topological polar surface area (TPSA) is 66.0 Å². The summed E-state index contributed by atoms with van der Waals surface area (Å²) < 4.78 is 17.7. The molecule has 0 spiro atoms. The van der Waals surface area contributed by atoms with Crippen molar-refractivity contribution in [1.29, 1.82) is 0 Å². The summed E-state index contributed by atoms with van der Waals surface area (Å²) in [6, 6.07) is 9.55. The zero-order valence-electron chi connectivity index (χ0n) is 15.9. The molecule has 1 unspecified atom stereocenters. The summed E-state index contributed by atoms with van der Waals surface area (Å²) in [6.45, 7) is 9.34. The zero-order chi connectivity index (χ0) is 18.1. The fraction of sp³-hybridized carbons (Fsp3) is 0.611. The molecule has 26 heavy (non-hydrogen) atoms. The van der Waals surface area contributed by atoms with E-state index in [0.29, 0.717) is 12.3 Å². The maximum Gasteiger partial charge on any atom is 0.191 e. The van der Waals surface area contributed by atoms with Crippen LogP contribution in [0.1, 0.15) is 13.8 Å². The number of halogens is 1. The van der Waals surface area contributed by atoms with Gasteiger partial charge in [-0.3, -0.25) is 14.1 Å². The van der Waals surface area contributed by atoms with Crippen LogP contribution in [-0.2, 0) is 15.5 Å². The zero-order valence-corrected chi connectivity index (χ0v) is 19.0. The summed E-state index contributed by atoms with van der Waals surface area (Å²) in [5.74, 6) is 1.30. The summed E-state index contributed by atoms with van der Waals surface area (Å²) in [5, 5.41) is 6.63. The van der Waals surface area contributed by atoms with Crippen molar-refractivity contribution in [3.05, 3.63) is 30.3 Å². The molecule has 1 aromatic rings. The van der Waals surface area contributed by atoms with Crippen LogP contribution in [0.15, 0.2) is 40.2 Å². The van der Waals surface area contributed by atoms with Crippen LogP contribution < -0.4 is 10.6 Å². The molecule has 0 aromatic heterocycles. The van der Waals surface area contributed by atoms with Crippen LogP contribution in [0, 0.1) is 0 Å². The van der Waals surface area contributed by atoms with Crippen LogP contribution >= 0.6 is 24.0 Å². The molecular formula is C18H31IN4O2S. The number of benzene rings is 1. The lowest BCUT2D eigenvalue weighted by molar-refractivity contribution is -0.00833. The third-order valence-electron chi connectivity index (χ3n) is 4.37. The van der Waals surface area contributed by atoms with E-state index in [-0.39, 0.29) is 29.5 Å². The van der Waals surface area contributed by atoms with Crippen LogP contribution in [-0.4, -0.2) is 72.8 Å². The Morgan fingerprint density at radius 1 is 1.23 bits per heavy atom. The quantitative estimate of drug-likeness (QED) is 0.343. The van der Waals surface area contributed by atoms with Gasteiger partial charge >= 0.3 is 0 Å². The van der Waals surface area contributed by atoms with Crippen molar-refractivity contribution in [3.63, 3.8) is 0 Å². The van der Waals surface area contributed by atoms with E-state index in [4.69, 9.17) is 4.74 Å². The lowest BCUT2D eigenvalue weighted by atomic mass is 10.0. The van der Waals surface area contributed by atoms with Crippen molar-refractivity contribution >= 4 is 40.7 Å². The molecule has 2 rings (SSSR count). The molecule has 6 nitrogen and oxygen atoms in total. The van der Waals surface area contributed by atoms with Gasteiger partial charge in [0.1, 0.15) is 0 Å². The molecule has 0 aliphatic carbocycles. The maximum atomic E-state index is 12.2. The summed E-state index contributed by atoms with van der Waals surface area (Å²) in [6.07, 6.45) is 0. The molecule has 1 atom stereocenters. The van der Waals surface area contributed by atoms with Gasteiger partial charge in [0.15, 0.2) is 5.96 Å². The van der Waals surface area contributed by atoms with Crippen LogP contribution in [0.25, 0.3) is 0 Å². The van der Waals surface area contributed by atoms with Gasteiger partial charge in [0.05, 0.1) is 24.0 Å². The predicted octanol–water partition coefficient (Wildman–Crippen LogP) is 1.69. The van der Waals surface area contributed by atoms with Crippen molar-refractivity contribution in [3.8, 4) is 0 Å². The molecule has 1 aromatic carbocycles. The molecule has 1 saturated heterocycles. The first-order valence-corrected chi connectivity index (χ1v) is 10.1. The van der Waals surface area contributed by atoms with E-state index in [9.17, 15) is 4.21 Å². The number of hydrogen-bond acceptors (Lipinski definition) is 4. The Balaban J connectivity index is 0.00000338. The molecule has 2 N–H and O–H groups in total. The van der Waals surface area contributed by atoms with Gasteiger partial charge < -0.3 is 15.4 Å². The molecule has 0 saturated carbocycles. The maximum absolute atomic E-state index is 12.2. The van der Waals surface area contributed by atoms with E-state index in [0.717, 1.165) is 43.7 Å². The number of nitrogens with zero attached hydrogens (tertiary/aromatic N) is 2. The Morgan fingerprint density at radius 2 is 1.88 bits per heavy atom. The summed E-state index contributed by atoms with van der Waals surface area (Å²) in [4.78, 5) is 7.55. The fourth-order valence-corrected chi connectivity index (χ4v) is 3.74. The Kier molecular flexibility index (Phi) is 10.7. The fourth-order valence-electron chi connectivity index (χ4n) is 2.75. The van der Waals surface area contributed by atoms with Gasteiger partial charge in [-0.1, -0.05) is 18.2 Å². The average molecular weight is 494 g/mol. The van der Waals surface area contributed by atoms with E-state index in [1.54, 1.807) is 7.05 Å². The molecule has 1 fully saturated rings. The second kappa shape index (κ2) is 11.9. The predicted molar refractivity (Wildman–Crippen MR) is 119 cm³/mol. The minimum absolute atomic E-state index is 0. The Labute approximate surface area is 176 Å². The number of nitrogens with one attached hydrogen (secondary N) is 2. The van der Waals surface area contributed by atoms with Crippen molar-refractivity contribution in [2.75, 3.05) is 52.2 Å². The number of guanidine groups is 1. The van der Waals surface area contributed by atoms with Crippen molar-refractivity contribution < 1.29 is 8.95 Å². The standard InChI is InChI=1S/C18H30N4O2S.HI/c1-18(2,22-10-12-24-13-11-22)15-21-17(19-3)20-9-14-25(23)16-7-5-4-6-8-16;/h4-8H,9-15H2,1-3H3,(H2,19,20,21);1H. The number of aliphatic imine (C=N–C) groups is 1. The SMILES string of the molecule is CN=C(NCCS(=O)c1ccccc1)NCC(C)(C)N1CCOCC1.I. The first-order chi connectivity index (χ1) is 12.0. The molecule has 148 valence electrons. The number of rotatable bonds is 7. The summed E-state index contributed by atoms with van der Waals surface area (Å²) in [5.41, 5.74) is 0.0221. The van der Waals surface area contributed by atoms with Crippen molar-refractivity contribution in [2.45, 2.75) is 24.3 Å². The third kappa shape index (κ3) is 7.50. The Bertz CT molecular complexity index is 578. The van der Waals surface area contributed by atoms with E-state index >= 15 is 0 Å². The second-order valence-electron chi connectivity index (χ2n) is 6.63. The van der Waals surface area contributed by atoms with Gasteiger partial charge in [0.2, 0.25) is 0 Å². The average Bonchev–Trinajstić information content (AvgIpc) is 2.65. The first-order valence-electron chi connectivity index (χ1n) is 8.74. The lowest BCUT2D eigenvalue weighted by Gasteiger charge is -2.41. The molecular weight excluding hydrogens is 463 g/mol. The highest BCUT2D eigenvalue weighted by molar-refractivity contribution is 14.0. The van der Waals surface area contributed by atoms with Gasteiger partial charge in [-0.15, -0.1) is 24.0 Å². The molecule has 1 aliphatic rings. The highest BCUT2D eigenvalue weighted by Crippen LogP contribution is 2.14. The smallest absolute Gasteiger partial charge is 0.191 e. The molecule has 1 heterocycles. The monoisotopic (exact) mass is 494 g/mol. The highest BCUT2D eigenvalue weighted by Gasteiger charge is 2.28.